The summed E-state index contributed by atoms with van der Waals surface area (Å²) in [7, 11) is -3.03. The van der Waals surface area contributed by atoms with E-state index in [1.807, 2.05) is 23.1 Å². The second-order valence-electron chi connectivity index (χ2n) is 5.66. The Morgan fingerprint density at radius 3 is 2.83 bits per heavy atom. The average molecular weight is 373 g/mol. The van der Waals surface area contributed by atoms with Crippen LogP contribution in [0, 0.1) is 0 Å². The van der Waals surface area contributed by atoms with Gasteiger partial charge in [-0.05, 0) is 11.6 Å². The minimum absolute atomic E-state index is 0.0640. The van der Waals surface area contributed by atoms with Crippen LogP contribution in [0.15, 0.2) is 29.3 Å². The van der Waals surface area contributed by atoms with Crippen molar-refractivity contribution >= 4 is 44.3 Å². The number of rotatable bonds is 3. The molecule has 2 aliphatic heterocycles. The van der Waals surface area contributed by atoms with Gasteiger partial charge in [0.15, 0.2) is 15.0 Å². The molecule has 0 unspecified atom stereocenters. The fraction of sp³-hybridized carbons (Fsp3) is 0.467. The third kappa shape index (κ3) is 3.56. The summed E-state index contributed by atoms with van der Waals surface area (Å²) in [5, 5.41) is 1.18. The highest BCUT2D eigenvalue weighted by atomic mass is 35.5. The molecule has 0 bridgehead atoms. The number of halogens is 1. The normalized spacial score (nSPS) is 27.4. The molecule has 2 fully saturated rings. The number of carbonyl (C=O) groups excluding carboxylic acids is 1. The Balaban J connectivity index is 1.92. The number of nitrogens with zero attached hydrogens (tertiary/aromatic N) is 2. The minimum atomic E-state index is -3.03. The topological polar surface area (TPSA) is 66.8 Å². The molecule has 0 aromatic heterocycles. The number of amidine groups is 1. The average Bonchev–Trinajstić information content (AvgIpc) is 2.94. The van der Waals surface area contributed by atoms with E-state index in [0.717, 1.165) is 5.56 Å². The van der Waals surface area contributed by atoms with Gasteiger partial charge in [0.05, 0.1) is 17.5 Å². The number of thioether (sulfide) groups is 1. The van der Waals surface area contributed by atoms with Crippen LogP contribution in [0.2, 0.25) is 5.02 Å². The van der Waals surface area contributed by atoms with Gasteiger partial charge >= 0.3 is 0 Å². The zero-order chi connectivity index (χ0) is 16.6. The number of hydrogen-bond donors (Lipinski definition) is 0. The molecule has 3 rings (SSSR count). The van der Waals surface area contributed by atoms with Gasteiger partial charge in [-0.3, -0.25) is 4.79 Å². The van der Waals surface area contributed by atoms with Gasteiger partial charge in [-0.1, -0.05) is 48.5 Å². The Morgan fingerprint density at radius 1 is 1.39 bits per heavy atom. The highest BCUT2D eigenvalue weighted by Crippen LogP contribution is 2.39. The summed E-state index contributed by atoms with van der Waals surface area (Å²) in [5.74, 6) is 0.0503. The van der Waals surface area contributed by atoms with Crippen LogP contribution >= 0.6 is 23.4 Å². The van der Waals surface area contributed by atoms with E-state index in [4.69, 9.17) is 11.6 Å². The summed E-state index contributed by atoms with van der Waals surface area (Å²) < 4.78 is 23.8. The fourth-order valence-corrected chi connectivity index (χ4v) is 6.98. The number of benzene rings is 1. The van der Waals surface area contributed by atoms with Crippen molar-refractivity contribution in [1.29, 1.82) is 0 Å². The molecular formula is C15H17ClN2O3S2. The Kier molecular flexibility index (Phi) is 4.71. The fourth-order valence-electron chi connectivity index (χ4n) is 2.82. The Labute approximate surface area is 145 Å². The van der Waals surface area contributed by atoms with Gasteiger partial charge in [0.1, 0.15) is 0 Å². The van der Waals surface area contributed by atoms with E-state index in [9.17, 15) is 13.2 Å². The van der Waals surface area contributed by atoms with Crippen molar-refractivity contribution in [3.63, 3.8) is 0 Å². The van der Waals surface area contributed by atoms with Crippen molar-refractivity contribution < 1.29 is 13.2 Å². The lowest BCUT2D eigenvalue weighted by atomic mass is 10.1. The number of aliphatic imine (C=N–C) groups is 1. The van der Waals surface area contributed by atoms with Crippen LogP contribution in [-0.2, 0) is 21.2 Å². The smallest absolute Gasteiger partial charge is 0.247 e. The summed E-state index contributed by atoms with van der Waals surface area (Å²) in [5.41, 5.74) is 0.899. The van der Waals surface area contributed by atoms with Crippen LogP contribution in [-0.4, -0.2) is 47.2 Å². The molecule has 0 aliphatic carbocycles. The first kappa shape index (κ1) is 16.8. The van der Waals surface area contributed by atoms with E-state index in [0.29, 0.717) is 23.2 Å². The number of carbonyl (C=O) groups is 1. The first-order valence-electron chi connectivity index (χ1n) is 7.38. The van der Waals surface area contributed by atoms with Crippen LogP contribution < -0.4 is 0 Å². The van der Waals surface area contributed by atoms with Gasteiger partial charge in [0.25, 0.3) is 0 Å². The molecule has 23 heavy (non-hydrogen) atoms. The van der Waals surface area contributed by atoms with Crippen molar-refractivity contribution in [1.82, 2.24) is 4.90 Å². The summed E-state index contributed by atoms with van der Waals surface area (Å²) in [4.78, 5) is 17.8. The molecule has 1 aromatic rings. The third-order valence-electron chi connectivity index (χ3n) is 4.00. The van der Waals surface area contributed by atoms with Gasteiger partial charge in [-0.2, -0.15) is 4.99 Å². The van der Waals surface area contributed by atoms with Crippen LogP contribution in [0.4, 0.5) is 0 Å². The molecule has 124 valence electrons. The zero-order valence-corrected chi connectivity index (χ0v) is 15.0. The highest BCUT2D eigenvalue weighted by Gasteiger charge is 2.48. The standard InChI is InChI=1S/C15H17ClN2O3S2/c1-2-14(19)17-15-18(7-10-5-3-4-6-11(10)16)12-8-23(20,21)9-13(12)22-15/h3-6,12-13H,2,7-9H2,1H3/t12-,13+/m0/s1. The molecule has 5 nitrogen and oxygen atoms in total. The van der Waals surface area contributed by atoms with Crippen LogP contribution in [0.25, 0.3) is 0 Å². The second-order valence-corrected chi connectivity index (χ2v) is 9.43. The minimum Gasteiger partial charge on any atom is -0.342 e. The van der Waals surface area contributed by atoms with Crippen molar-refractivity contribution in [3.8, 4) is 0 Å². The van der Waals surface area contributed by atoms with Gasteiger partial charge in [0, 0.05) is 23.2 Å². The molecule has 0 N–H and O–H groups in total. The first-order valence-corrected chi connectivity index (χ1v) is 10.5. The maximum Gasteiger partial charge on any atom is 0.247 e. The number of amides is 1. The maximum absolute atomic E-state index is 11.9. The summed E-state index contributed by atoms with van der Waals surface area (Å²) >= 11 is 7.62. The van der Waals surface area contributed by atoms with Crippen molar-refractivity contribution in [3.05, 3.63) is 34.9 Å². The molecule has 0 radical (unpaired) electrons. The SMILES string of the molecule is CCC(=O)N=C1S[C@@H]2CS(=O)(=O)C[C@@H]2N1Cc1ccccc1Cl. The quantitative estimate of drug-likeness (QED) is 0.814. The largest absolute Gasteiger partial charge is 0.342 e. The van der Waals surface area contributed by atoms with Crippen molar-refractivity contribution in [2.45, 2.75) is 31.2 Å². The summed E-state index contributed by atoms with van der Waals surface area (Å²) in [6.07, 6.45) is 0.331. The summed E-state index contributed by atoms with van der Waals surface area (Å²) in [6, 6.07) is 7.30. The van der Waals surface area contributed by atoms with Crippen LogP contribution in [0.3, 0.4) is 0 Å². The molecule has 0 spiro atoms. The lowest BCUT2D eigenvalue weighted by molar-refractivity contribution is -0.117. The van der Waals surface area contributed by atoms with Crippen molar-refractivity contribution in [2.24, 2.45) is 4.99 Å². The van der Waals surface area contributed by atoms with E-state index in [1.165, 1.54) is 11.8 Å². The second kappa shape index (κ2) is 6.45. The highest BCUT2D eigenvalue weighted by molar-refractivity contribution is 8.15. The summed E-state index contributed by atoms with van der Waals surface area (Å²) in [6.45, 7) is 2.22. The van der Waals surface area contributed by atoms with E-state index < -0.39 is 9.84 Å². The molecule has 1 aromatic carbocycles. The zero-order valence-electron chi connectivity index (χ0n) is 12.6. The van der Waals surface area contributed by atoms with Gasteiger partial charge < -0.3 is 4.90 Å². The monoisotopic (exact) mass is 372 g/mol. The first-order chi connectivity index (χ1) is 10.9. The van der Waals surface area contributed by atoms with E-state index in [-0.39, 0.29) is 28.7 Å². The van der Waals surface area contributed by atoms with Gasteiger partial charge in [0.2, 0.25) is 5.91 Å². The van der Waals surface area contributed by atoms with Gasteiger partial charge in [-0.25, -0.2) is 8.42 Å². The Morgan fingerprint density at radius 2 is 2.13 bits per heavy atom. The van der Waals surface area contributed by atoms with Gasteiger partial charge in [-0.15, -0.1) is 0 Å². The molecule has 8 heteroatoms. The van der Waals surface area contributed by atoms with Crippen LogP contribution in [0.1, 0.15) is 18.9 Å². The Bertz CT molecular complexity index is 764. The Hall–Kier alpha value is -1.05. The molecule has 0 saturated carbocycles. The molecule has 2 aliphatic rings. The van der Waals surface area contributed by atoms with E-state index in [2.05, 4.69) is 4.99 Å². The predicted molar refractivity (Wildman–Crippen MR) is 93.5 cm³/mol. The van der Waals surface area contributed by atoms with Crippen molar-refractivity contribution in [2.75, 3.05) is 11.5 Å². The molecule has 1 amide bonds. The number of fused-ring (bicyclic) bond motifs is 1. The number of hydrogen-bond acceptors (Lipinski definition) is 4. The molecule has 2 heterocycles. The van der Waals surface area contributed by atoms with Crippen LogP contribution in [0.5, 0.6) is 0 Å². The number of sulfone groups is 1. The predicted octanol–water partition coefficient (Wildman–Crippen LogP) is 2.35. The molecule has 2 atom stereocenters. The lowest BCUT2D eigenvalue weighted by Crippen LogP contribution is -2.37. The third-order valence-corrected chi connectivity index (χ3v) is 7.61. The lowest BCUT2D eigenvalue weighted by Gasteiger charge is -2.24. The molecule has 2 saturated heterocycles. The van der Waals surface area contributed by atoms with E-state index in [1.54, 1.807) is 13.0 Å². The molecular weight excluding hydrogens is 356 g/mol. The maximum atomic E-state index is 11.9. The van der Waals surface area contributed by atoms with E-state index >= 15 is 0 Å².